The van der Waals surface area contributed by atoms with Gasteiger partial charge in [0.25, 0.3) is 0 Å². The number of nitrogen functional groups attached to an aromatic ring is 2. The monoisotopic (exact) mass is 318 g/mol. The van der Waals surface area contributed by atoms with Crippen LogP contribution in [0.15, 0.2) is 36.4 Å². The number of alkyl halides is 3. The lowest BCUT2D eigenvalue weighted by molar-refractivity contribution is -0.137. The molecule has 0 amide bonds. The van der Waals surface area contributed by atoms with Crippen LogP contribution in [0, 0.1) is 6.92 Å². The van der Waals surface area contributed by atoms with Gasteiger partial charge in [0.05, 0.1) is 11.1 Å². The van der Waals surface area contributed by atoms with Crippen molar-refractivity contribution in [2.24, 2.45) is 0 Å². The number of fused-ring (bicyclic) bond motifs is 1. The molecule has 1 aromatic heterocycles. The van der Waals surface area contributed by atoms with Crippen molar-refractivity contribution < 1.29 is 13.2 Å². The molecule has 0 aliphatic rings. The van der Waals surface area contributed by atoms with E-state index in [1.54, 1.807) is 12.1 Å². The number of benzene rings is 2. The van der Waals surface area contributed by atoms with Crippen molar-refractivity contribution in [1.29, 1.82) is 0 Å². The minimum absolute atomic E-state index is 0.0803. The topological polar surface area (TPSA) is 77.8 Å². The Morgan fingerprint density at radius 3 is 2.17 bits per heavy atom. The molecule has 23 heavy (non-hydrogen) atoms. The second-order valence-corrected chi connectivity index (χ2v) is 5.17. The standard InChI is InChI=1S/C16H13F3N4/c1-8-11(9-2-4-10(5-3-9)16(17,18)19)6-7-12-13(8)14(20)23-15(21)22-12/h2-7H,1H3,(H4,20,21,22,23). The summed E-state index contributed by atoms with van der Waals surface area (Å²) in [4.78, 5) is 8.06. The van der Waals surface area contributed by atoms with Gasteiger partial charge in [0, 0.05) is 5.39 Å². The van der Waals surface area contributed by atoms with Crippen LogP contribution in [0.3, 0.4) is 0 Å². The highest BCUT2D eigenvalue weighted by Gasteiger charge is 2.30. The van der Waals surface area contributed by atoms with Crippen LogP contribution >= 0.6 is 0 Å². The Kier molecular flexibility index (Phi) is 3.35. The molecule has 0 bridgehead atoms. The van der Waals surface area contributed by atoms with Crippen LogP contribution in [0.2, 0.25) is 0 Å². The maximum atomic E-state index is 12.7. The van der Waals surface area contributed by atoms with E-state index in [1.807, 2.05) is 6.92 Å². The molecule has 0 spiro atoms. The fraction of sp³-hybridized carbons (Fsp3) is 0.125. The fourth-order valence-corrected chi connectivity index (χ4v) is 2.59. The third-order valence-corrected chi connectivity index (χ3v) is 3.69. The molecule has 4 N–H and O–H groups in total. The Morgan fingerprint density at radius 1 is 0.913 bits per heavy atom. The van der Waals surface area contributed by atoms with Gasteiger partial charge in [0.15, 0.2) is 0 Å². The summed E-state index contributed by atoms with van der Waals surface area (Å²) in [5.74, 6) is 0.329. The zero-order chi connectivity index (χ0) is 16.8. The van der Waals surface area contributed by atoms with Gasteiger partial charge in [-0.05, 0) is 41.8 Å². The summed E-state index contributed by atoms with van der Waals surface area (Å²) in [5.41, 5.74) is 13.6. The van der Waals surface area contributed by atoms with E-state index in [-0.39, 0.29) is 11.8 Å². The quantitative estimate of drug-likeness (QED) is 0.715. The van der Waals surface area contributed by atoms with E-state index in [0.29, 0.717) is 16.5 Å². The number of aromatic nitrogens is 2. The van der Waals surface area contributed by atoms with Crippen LogP contribution in [0.1, 0.15) is 11.1 Å². The molecule has 0 atom stereocenters. The zero-order valence-corrected chi connectivity index (χ0v) is 12.1. The van der Waals surface area contributed by atoms with E-state index < -0.39 is 11.7 Å². The first-order valence-electron chi connectivity index (χ1n) is 6.77. The van der Waals surface area contributed by atoms with Crippen LogP contribution < -0.4 is 11.5 Å². The third kappa shape index (κ3) is 2.65. The first-order chi connectivity index (χ1) is 10.8. The normalized spacial score (nSPS) is 11.8. The average Bonchev–Trinajstić information content (AvgIpc) is 2.46. The largest absolute Gasteiger partial charge is 0.416 e. The minimum Gasteiger partial charge on any atom is -0.383 e. The lowest BCUT2D eigenvalue weighted by Crippen LogP contribution is -2.04. The molecule has 1 heterocycles. The summed E-state index contributed by atoms with van der Waals surface area (Å²) in [5, 5.41) is 0.650. The number of rotatable bonds is 1. The van der Waals surface area contributed by atoms with Crippen molar-refractivity contribution in [3.05, 3.63) is 47.5 Å². The van der Waals surface area contributed by atoms with Crippen molar-refractivity contribution in [2.75, 3.05) is 11.5 Å². The van der Waals surface area contributed by atoms with Gasteiger partial charge >= 0.3 is 6.18 Å². The molecule has 4 nitrogen and oxygen atoms in total. The number of anilines is 2. The van der Waals surface area contributed by atoms with Crippen molar-refractivity contribution in [2.45, 2.75) is 13.1 Å². The number of aryl methyl sites for hydroxylation is 1. The van der Waals surface area contributed by atoms with Gasteiger partial charge in [0.1, 0.15) is 5.82 Å². The van der Waals surface area contributed by atoms with Crippen molar-refractivity contribution in [3.63, 3.8) is 0 Å². The van der Waals surface area contributed by atoms with Gasteiger partial charge in [-0.1, -0.05) is 18.2 Å². The molecule has 2 aromatic carbocycles. The van der Waals surface area contributed by atoms with Gasteiger partial charge < -0.3 is 11.5 Å². The summed E-state index contributed by atoms with van der Waals surface area (Å²) in [6.07, 6.45) is -4.35. The second-order valence-electron chi connectivity index (χ2n) is 5.17. The molecule has 0 fully saturated rings. The Hall–Kier alpha value is -2.83. The number of nitrogens with zero attached hydrogens (tertiary/aromatic N) is 2. The van der Waals surface area contributed by atoms with E-state index in [2.05, 4.69) is 9.97 Å². The van der Waals surface area contributed by atoms with Crippen LogP contribution in [0.4, 0.5) is 24.9 Å². The SMILES string of the molecule is Cc1c(-c2ccc(C(F)(F)F)cc2)ccc2nc(N)nc(N)c12. The van der Waals surface area contributed by atoms with E-state index in [9.17, 15) is 13.2 Å². The summed E-state index contributed by atoms with van der Waals surface area (Å²) < 4.78 is 38.0. The van der Waals surface area contributed by atoms with Crippen LogP contribution in [-0.4, -0.2) is 9.97 Å². The van der Waals surface area contributed by atoms with Crippen molar-refractivity contribution in [3.8, 4) is 11.1 Å². The highest BCUT2D eigenvalue weighted by molar-refractivity contribution is 5.96. The van der Waals surface area contributed by atoms with Gasteiger partial charge in [-0.15, -0.1) is 0 Å². The number of halogens is 3. The van der Waals surface area contributed by atoms with Crippen LogP contribution in [0.5, 0.6) is 0 Å². The third-order valence-electron chi connectivity index (χ3n) is 3.69. The molecule has 0 saturated carbocycles. The molecule has 3 rings (SSSR count). The van der Waals surface area contributed by atoms with E-state index in [0.717, 1.165) is 23.3 Å². The molecule has 7 heteroatoms. The van der Waals surface area contributed by atoms with Crippen LogP contribution in [0.25, 0.3) is 22.0 Å². The van der Waals surface area contributed by atoms with Crippen molar-refractivity contribution in [1.82, 2.24) is 9.97 Å². The first kappa shape index (κ1) is 15.1. The molecular weight excluding hydrogens is 305 g/mol. The summed E-state index contributed by atoms with van der Waals surface area (Å²) >= 11 is 0. The number of nitrogens with two attached hydrogens (primary N) is 2. The Balaban J connectivity index is 2.15. The summed E-state index contributed by atoms with van der Waals surface area (Å²) in [7, 11) is 0. The molecular formula is C16H13F3N4. The fourth-order valence-electron chi connectivity index (χ4n) is 2.59. The predicted molar refractivity (Wildman–Crippen MR) is 83.5 cm³/mol. The van der Waals surface area contributed by atoms with E-state index in [4.69, 9.17) is 11.5 Å². The highest BCUT2D eigenvalue weighted by Crippen LogP contribution is 2.34. The number of hydrogen-bond donors (Lipinski definition) is 2. The zero-order valence-electron chi connectivity index (χ0n) is 12.1. The highest BCUT2D eigenvalue weighted by atomic mass is 19.4. The lowest BCUT2D eigenvalue weighted by Gasteiger charge is -2.12. The summed E-state index contributed by atoms with van der Waals surface area (Å²) in [6.45, 7) is 1.82. The average molecular weight is 318 g/mol. The molecule has 0 radical (unpaired) electrons. The van der Waals surface area contributed by atoms with Crippen molar-refractivity contribution >= 4 is 22.7 Å². The van der Waals surface area contributed by atoms with Crippen LogP contribution in [-0.2, 0) is 6.18 Å². The number of hydrogen-bond acceptors (Lipinski definition) is 4. The van der Waals surface area contributed by atoms with Gasteiger partial charge in [-0.3, -0.25) is 0 Å². The van der Waals surface area contributed by atoms with Gasteiger partial charge in [-0.2, -0.15) is 18.2 Å². The predicted octanol–water partition coefficient (Wildman–Crippen LogP) is 3.79. The Labute approximate surface area is 130 Å². The minimum atomic E-state index is -4.35. The second kappa shape index (κ2) is 5.12. The lowest BCUT2D eigenvalue weighted by atomic mass is 9.96. The maximum Gasteiger partial charge on any atom is 0.416 e. The summed E-state index contributed by atoms with van der Waals surface area (Å²) in [6, 6.07) is 8.50. The Morgan fingerprint density at radius 2 is 1.57 bits per heavy atom. The first-order valence-corrected chi connectivity index (χ1v) is 6.77. The molecule has 118 valence electrons. The molecule has 0 unspecified atom stereocenters. The smallest absolute Gasteiger partial charge is 0.383 e. The molecule has 0 saturated heterocycles. The molecule has 0 aliphatic carbocycles. The van der Waals surface area contributed by atoms with Gasteiger partial charge in [0.2, 0.25) is 5.95 Å². The van der Waals surface area contributed by atoms with Gasteiger partial charge in [-0.25, -0.2) is 4.98 Å². The molecule has 3 aromatic rings. The van der Waals surface area contributed by atoms with E-state index >= 15 is 0 Å². The van der Waals surface area contributed by atoms with E-state index in [1.165, 1.54) is 12.1 Å². The maximum absolute atomic E-state index is 12.7. The molecule has 0 aliphatic heterocycles. The Bertz CT molecular complexity index is 886.